The first kappa shape index (κ1) is 13.3. The number of esters is 1. The predicted octanol–water partition coefficient (Wildman–Crippen LogP) is -0.704. The second-order valence-corrected chi connectivity index (χ2v) is 3.74. The lowest BCUT2D eigenvalue weighted by Gasteiger charge is -2.32. The van der Waals surface area contributed by atoms with Gasteiger partial charge >= 0.3 is 5.97 Å². The summed E-state index contributed by atoms with van der Waals surface area (Å²) in [6.45, 7) is 1.71. The minimum atomic E-state index is -1.73. The monoisotopic (exact) mass is 233 g/mol. The van der Waals surface area contributed by atoms with Crippen molar-refractivity contribution in [1.29, 1.82) is 0 Å². The third-order valence-electron chi connectivity index (χ3n) is 2.07. The lowest BCUT2D eigenvalue weighted by molar-refractivity contribution is -0.288. The van der Waals surface area contributed by atoms with Crippen LogP contribution in [0.2, 0.25) is 0 Å². The molecule has 1 rings (SSSR count). The molecule has 0 saturated carbocycles. The molecule has 0 aromatic heterocycles. The van der Waals surface area contributed by atoms with Crippen LogP contribution >= 0.6 is 0 Å². The van der Waals surface area contributed by atoms with Crippen LogP contribution in [-0.2, 0) is 19.0 Å². The van der Waals surface area contributed by atoms with Crippen LogP contribution in [0.25, 0.3) is 0 Å². The van der Waals surface area contributed by atoms with Gasteiger partial charge in [0.05, 0.1) is 0 Å². The van der Waals surface area contributed by atoms with E-state index in [0.717, 1.165) is 6.42 Å². The van der Waals surface area contributed by atoms with Gasteiger partial charge < -0.3 is 14.2 Å². The fourth-order valence-electron chi connectivity index (χ4n) is 1.39. The molecule has 1 fully saturated rings. The van der Waals surface area contributed by atoms with Crippen molar-refractivity contribution in [1.82, 2.24) is 0 Å². The fraction of sp³-hybridized carbons (Fsp3) is 0.889. The van der Waals surface area contributed by atoms with E-state index >= 15 is 0 Å². The predicted molar refractivity (Wildman–Crippen MR) is 55.3 cm³/mol. The molecule has 1 aliphatic heterocycles. The lowest BCUT2D eigenvalue weighted by atomic mass is 10.2. The van der Waals surface area contributed by atoms with Crippen LogP contribution in [0.3, 0.4) is 0 Å². The molecule has 7 heteroatoms. The third kappa shape index (κ3) is 4.86. The zero-order valence-corrected chi connectivity index (χ0v) is 9.35. The maximum Gasteiger partial charge on any atom is 0.307 e. The average molecular weight is 233 g/mol. The Hall–Kier alpha value is -0.730. The summed E-state index contributed by atoms with van der Waals surface area (Å²) in [5.41, 5.74) is 15.9. The molecule has 0 amide bonds. The first-order valence-electron chi connectivity index (χ1n) is 5.30. The van der Waals surface area contributed by atoms with Crippen molar-refractivity contribution in [2.45, 2.75) is 51.2 Å². The number of hydrogen-bond donors (Lipinski definition) is 3. The highest BCUT2D eigenvalue weighted by Gasteiger charge is 2.29. The van der Waals surface area contributed by atoms with E-state index in [1.54, 1.807) is 6.92 Å². The lowest BCUT2D eigenvalue weighted by Crippen LogP contribution is -2.62. The van der Waals surface area contributed by atoms with Crippen LogP contribution in [0.4, 0.5) is 0 Å². The molecule has 0 aromatic carbocycles. The zero-order chi connectivity index (χ0) is 12.2. The summed E-state index contributed by atoms with van der Waals surface area (Å²) in [6, 6.07) is 0. The summed E-state index contributed by atoms with van der Waals surface area (Å²) in [5, 5.41) is 0. The van der Waals surface area contributed by atoms with Crippen molar-refractivity contribution in [3.8, 4) is 0 Å². The van der Waals surface area contributed by atoms with E-state index in [1.165, 1.54) is 0 Å². The van der Waals surface area contributed by atoms with Crippen molar-refractivity contribution >= 4 is 5.97 Å². The fourth-order valence-corrected chi connectivity index (χ4v) is 1.39. The summed E-state index contributed by atoms with van der Waals surface area (Å²) in [4.78, 5) is 11.1. The van der Waals surface area contributed by atoms with E-state index in [9.17, 15) is 4.79 Å². The maximum absolute atomic E-state index is 11.1. The van der Waals surface area contributed by atoms with Gasteiger partial charge in [-0.1, -0.05) is 6.92 Å². The van der Waals surface area contributed by atoms with E-state index < -0.39 is 18.6 Å². The van der Waals surface area contributed by atoms with Gasteiger partial charge in [0.2, 0.25) is 12.3 Å². The number of carbonyl (C=O) groups is 1. The first-order valence-corrected chi connectivity index (χ1v) is 5.30. The smallest absolute Gasteiger partial charge is 0.307 e. The van der Waals surface area contributed by atoms with E-state index in [-0.39, 0.29) is 5.97 Å². The van der Waals surface area contributed by atoms with Crippen molar-refractivity contribution < 1.29 is 19.0 Å². The van der Waals surface area contributed by atoms with Crippen molar-refractivity contribution in [2.75, 3.05) is 0 Å². The van der Waals surface area contributed by atoms with Crippen LogP contribution < -0.4 is 17.2 Å². The molecular weight excluding hydrogens is 214 g/mol. The second-order valence-electron chi connectivity index (χ2n) is 3.74. The summed E-state index contributed by atoms with van der Waals surface area (Å²) in [5.74, 6) is -2.05. The standard InChI is InChI=1S/C9H19N3O4/c1-2-6(13)14-7-4-3-5-8(15-7)16-9(10,11)12/h7-8H,2-5,10-12H2,1H3. The Morgan fingerprint density at radius 2 is 2.00 bits per heavy atom. The molecule has 94 valence electrons. The molecule has 2 unspecified atom stereocenters. The quantitative estimate of drug-likeness (QED) is 0.433. The maximum atomic E-state index is 11.1. The van der Waals surface area contributed by atoms with Gasteiger partial charge in [0.25, 0.3) is 0 Å². The molecule has 1 saturated heterocycles. The first-order chi connectivity index (χ1) is 7.40. The van der Waals surface area contributed by atoms with Crippen LogP contribution in [0, 0.1) is 0 Å². The molecule has 0 radical (unpaired) electrons. The Kier molecular flexibility index (Phi) is 4.63. The molecular formula is C9H19N3O4. The largest absolute Gasteiger partial charge is 0.436 e. The van der Waals surface area contributed by atoms with Gasteiger partial charge in [0, 0.05) is 12.8 Å². The highest BCUT2D eigenvalue weighted by molar-refractivity contribution is 5.68. The molecule has 7 nitrogen and oxygen atoms in total. The highest BCUT2D eigenvalue weighted by Crippen LogP contribution is 2.21. The Morgan fingerprint density at radius 1 is 1.38 bits per heavy atom. The van der Waals surface area contributed by atoms with Gasteiger partial charge in [-0.3, -0.25) is 22.0 Å². The Morgan fingerprint density at radius 3 is 2.56 bits per heavy atom. The topological polar surface area (TPSA) is 123 Å². The number of rotatable bonds is 4. The molecule has 2 atom stereocenters. The van der Waals surface area contributed by atoms with Crippen LogP contribution in [0.15, 0.2) is 0 Å². The Bertz CT molecular complexity index is 241. The molecule has 0 aromatic rings. The van der Waals surface area contributed by atoms with Crippen molar-refractivity contribution in [3.63, 3.8) is 0 Å². The summed E-state index contributed by atoms with van der Waals surface area (Å²) in [7, 11) is 0. The van der Waals surface area contributed by atoms with Gasteiger partial charge in [-0.05, 0) is 12.8 Å². The summed E-state index contributed by atoms with van der Waals surface area (Å²) in [6.07, 6.45) is 1.12. The van der Waals surface area contributed by atoms with Gasteiger partial charge in [-0.2, -0.15) is 0 Å². The summed E-state index contributed by atoms with van der Waals surface area (Å²) >= 11 is 0. The van der Waals surface area contributed by atoms with E-state index in [2.05, 4.69) is 0 Å². The van der Waals surface area contributed by atoms with E-state index in [1.807, 2.05) is 0 Å². The van der Waals surface area contributed by atoms with E-state index in [4.69, 9.17) is 31.4 Å². The molecule has 0 bridgehead atoms. The minimum absolute atomic E-state index is 0.306. The Balaban J connectivity index is 2.38. The van der Waals surface area contributed by atoms with Gasteiger partial charge in [0.1, 0.15) is 0 Å². The number of carbonyl (C=O) groups excluding carboxylic acids is 1. The number of hydrogen-bond acceptors (Lipinski definition) is 7. The van der Waals surface area contributed by atoms with Crippen molar-refractivity contribution in [2.24, 2.45) is 17.2 Å². The SMILES string of the molecule is CCC(=O)OC1CCCC(OC(N)(N)N)O1. The minimum Gasteiger partial charge on any atom is -0.436 e. The number of nitrogens with two attached hydrogens (primary N) is 3. The molecule has 0 aliphatic carbocycles. The molecule has 1 aliphatic rings. The normalized spacial score (nSPS) is 26.5. The Labute approximate surface area is 94.2 Å². The van der Waals surface area contributed by atoms with Crippen LogP contribution in [-0.4, -0.2) is 24.5 Å². The van der Waals surface area contributed by atoms with Crippen LogP contribution in [0.1, 0.15) is 32.6 Å². The third-order valence-corrected chi connectivity index (χ3v) is 2.07. The van der Waals surface area contributed by atoms with Gasteiger partial charge in [-0.25, -0.2) is 0 Å². The van der Waals surface area contributed by atoms with Crippen LogP contribution in [0.5, 0.6) is 0 Å². The molecule has 1 heterocycles. The highest BCUT2D eigenvalue weighted by atomic mass is 16.8. The van der Waals surface area contributed by atoms with Gasteiger partial charge in [-0.15, -0.1) is 0 Å². The molecule has 6 N–H and O–H groups in total. The average Bonchev–Trinajstić information content (AvgIpc) is 2.15. The van der Waals surface area contributed by atoms with Gasteiger partial charge in [0.15, 0.2) is 6.29 Å². The number of ether oxygens (including phenoxy) is 3. The second kappa shape index (κ2) is 5.55. The molecule has 16 heavy (non-hydrogen) atoms. The summed E-state index contributed by atoms with van der Waals surface area (Å²) < 4.78 is 15.4. The zero-order valence-electron chi connectivity index (χ0n) is 9.35. The molecule has 0 spiro atoms. The van der Waals surface area contributed by atoms with E-state index in [0.29, 0.717) is 19.3 Å². The van der Waals surface area contributed by atoms with Crippen molar-refractivity contribution in [3.05, 3.63) is 0 Å².